The molecule has 9 rings (SSSR count). The molecule has 0 atom stereocenters. The Bertz CT molecular complexity index is 3440. The first-order valence-corrected chi connectivity index (χ1v) is 24.7. The first-order chi connectivity index (χ1) is 36.4. The summed E-state index contributed by atoms with van der Waals surface area (Å²) in [5.74, 6) is 0.701. The Labute approximate surface area is 511 Å². The molecule has 3 aromatic heterocycles. The molecule has 3 radical (unpaired) electrons. The van der Waals surface area contributed by atoms with E-state index in [-0.39, 0.29) is 100 Å². The van der Waals surface area contributed by atoms with Crippen LogP contribution in [0, 0.1) is 42.9 Å². The number of aliphatic hydroxyl groups excluding tert-OH is 3. The third-order valence-electron chi connectivity index (χ3n) is 10.6. The van der Waals surface area contributed by atoms with Gasteiger partial charge in [-0.1, -0.05) is 120 Å². The van der Waals surface area contributed by atoms with Crippen molar-refractivity contribution in [1.82, 2.24) is 30.1 Å². The fourth-order valence-corrected chi connectivity index (χ4v) is 6.60. The van der Waals surface area contributed by atoms with Gasteiger partial charge in [0.15, 0.2) is 17.3 Å². The van der Waals surface area contributed by atoms with E-state index < -0.39 is 5.41 Å². The van der Waals surface area contributed by atoms with Crippen LogP contribution in [-0.2, 0) is 74.7 Å². The van der Waals surface area contributed by atoms with Crippen LogP contribution >= 0.6 is 0 Å². The van der Waals surface area contributed by atoms with Gasteiger partial charge in [0, 0.05) is 119 Å². The summed E-state index contributed by atoms with van der Waals surface area (Å²) in [5.41, 5.74) is 8.17. The first-order valence-electron chi connectivity index (χ1n) is 24.7. The molecule has 0 bridgehead atoms. The van der Waals surface area contributed by atoms with Gasteiger partial charge in [-0.3, -0.25) is 34.3 Å². The van der Waals surface area contributed by atoms with Crippen LogP contribution in [-0.4, -0.2) is 62.8 Å². The molecule has 3 N–H and O–H groups in total. The monoisotopic (exact) mass is 1610 g/mol. The van der Waals surface area contributed by atoms with Gasteiger partial charge in [-0.2, -0.15) is 5.10 Å². The Morgan fingerprint density at radius 1 is 0.537 bits per heavy atom. The molecule has 0 aliphatic heterocycles. The van der Waals surface area contributed by atoms with Crippen molar-refractivity contribution in [2.24, 2.45) is 10.8 Å². The van der Waals surface area contributed by atoms with Gasteiger partial charge in [0.2, 0.25) is 0 Å². The van der Waals surface area contributed by atoms with E-state index in [9.17, 15) is 19.5 Å². The molecule has 15 heteroatoms. The second kappa shape index (κ2) is 34.8. The van der Waals surface area contributed by atoms with Crippen molar-refractivity contribution >= 4 is 49.9 Å². The van der Waals surface area contributed by atoms with Crippen LogP contribution in [0.5, 0.6) is 0 Å². The number of rotatable bonds is 6. The van der Waals surface area contributed by atoms with E-state index in [2.05, 4.69) is 98.6 Å². The number of benzene rings is 6. The van der Waals surface area contributed by atoms with E-state index in [4.69, 9.17) is 10.2 Å². The Kier molecular flexibility index (Phi) is 30.9. The summed E-state index contributed by atoms with van der Waals surface area (Å²) in [6.45, 7) is 21.0. The number of carbonyl (C=O) groups excluding carboxylic acids is 3. The number of ketones is 3. The fourth-order valence-electron chi connectivity index (χ4n) is 6.60. The average molecular weight is 1600 g/mol. The van der Waals surface area contributed by atoms with Crippen LogP contribution in [0.25, 0.3) is 66.5 Å². The van der Waals surface area contributed by atoms with Gasteiger partial charge in [0.25, 0.3) is 0 Å². The first kappa shape index (κ1) is 70.9. The molecule has 0 spiro atoms. The van der Waals surface area contributed by atoms with Crippen molar-refractivity contribution in [3.05, 3.63) is 217 Å². The SMILES string of the molecule is CC(=O)C=C(C)O.CC(=O)C=C(C)O.CC(C)(C)C(=O)C=C(O)C(C)(C)C.Cc1c[c-]c(-c2nncc3ccc(C)cc23)cc1.[Ir].[Ir].[Ir].[c-]1ccc2ccccc2c1-c1ncccn1.[c-]1ccccc1-c1cnc2ccccc2n1. The quantitative estimate of drug-likeness (QED) is 0.0813. The maximum atomic E-state index is 11.5. The van der Waals surface area contributed by atoms with Gasteiger partial charge in [-0.25, -0.2) is 5.10 Å². The molecular weight excluding hydrogens is 1540 g/mol. The van der Waals surface area contributed by atoms with E-state index in [0.29, 0.717) is 0 Å². The van der Waals surface area contributed by atoms with E-state index in [1.165, 1.54) is 62.4 Å². The van der Waals surface area contributed by atoms with Crippen LogP contribution in [0.15, 0.2) is 188 Å². The number of aryl methyl sites for hydroxylation is 2. The summed E-state index contributed by atoms with van der Waals surface area (Å²) in [4.78, 5) is 49.0. The topological polar surface area (TPSA) is 189 Å². The maximum Gasteiger partial charge on any atom is 0.164 e. The molecular formula is C65H67Ir3N6O6-3. The summed E-state index contributed by atoms with van der Waals surface area (Å²) in [6.07, 6.45) is 10.7. The van der Waals surface area contributed by atoms with Gasteiger partial charge >= 0.3 is 0 Å². The van der Waals surface area contributed by atoms with Gasteiger partial charge in [0.05, 0.1) is 34.6 Å². The molecule has 0 saturated heterocycles. The number of fused-ring (bicyclic) bond motifs is 3. The average Bonchev–Trinajstić information content (AvgIpc) is 3.38. The van der Waals surface area contributed by atoms with Crippen LogP contribution in [0.3, 0.4) is 0 Å². The number of allylic oxidation sites excluding steroid dienone is 6. The van der Waals surface area contributed by atoms with Crippen LogP contribution in [0.4, 0.5) is 0 Å². The van der Waals surface area contributed by atoms with E-state index in [0.717, 1.165) is 61.1 Å². The third-order valence-corrected chi connectivity index (χ3v) is 10.6. The van der Waals surface area contributed by atoms with Crippen LogP contribution in [0.2, 0.25) is 0 Å². The maximum absolute atomic E-state index is 11.5. The molecule has 80 heavy (non-hydrogen) atoms. The zero-order valence-corrected chi connectivity index (χ0v) is 54.1. The molecule has 0 unspecified atom stereocenters. The largest absolute Gasteiger partial charge is 0.512 e. The molecule has 0 amide bonds. The Balaban J connectivity index is 0.000000491. The molecule has 3 heterocycles. The predicted molar refractivity (Wildman–Crippen MR) is 310 cm³/mol. The van der Waals surface area contributed by atoms with E-state index in [1.807, 2.05) is 133 Å². The van der Waals surface area contributed by atoms with Gasteiger partial charge in [-0.05, 0) is 63.6 Å². The molecule has 0 aliphatic carbocycles. The number of para-hydroxylation sites is 2. The molecule has 0 saturated carbocycles. The predicted octanol–water partition coefficient (Wildman–Crippen LogP) is 15.1. The second-order valence-electron chi connectivity index (χ2n) is 19.8. The van der Waals surface area contributed by atoms with Gasteiger partial charge < -0.3 is 15.3 Å². The minimum atomic E-state index is -0.417. The summed E-state index contributed by atoms with van der Waals surface area (Å²) in [6, 6.07) is 51.6. The number of hydrogen-bond donors (Lipinski definition) is 3. The van der Waals surface area contributed by atoms with Crippen molar-refractivity contribution in [2.75, 3.05) is 0 Å². The Morgan fingerprint density at radius 3 is 1.69 bits per heavy atom. The third kappa shape index (κ3) is 24.5. The summed E-state index contributed by atoms with van der Waals surface area (Å²) in [5, 5.41) is 39.2. The van der Waals surface area contributed by atoms with Crippen molar-refractivity contribution in [2.45, 2.75) is 83.1 Å². The smallest absolute Gasteiger partial charge is 0.164 e. The number of nitrogens with zero attached hydrogens (tertiary/aromatic N) is 6. The normalized spacial score (nSPS) is 11.0. The number of aliphatic hydroxyl groups is 3. The summed E-state index contributed by atoms with van der Waals surface area (Å²) >= 11 is 0. The summed E-state index contributed by atoms with van der Waals surface area (Å²) in [7, 11) is 0. The second-order valence-corrected chi connectivity index (χ2v) is 19.8. The number of hydrogen-bond acceptors (Lipinski definition) is 12. The molecule has 12 nitrogen and oxygen atoms in total. The standard InChI is InChI=1S/C16H13N2.2C14H9N2.C11H20O2.2C5H8O2.3Ir/c1-11-3-6-13(7-4-11)16-15-9-12(2)5-8-14(15)10-17-18-16;1-2-7-12-11(5-1)6-3-8-13(12)14-15-9-4-10-16-14;1-2-6-11(7-3-1)14-10-15-12-8-4-5-9-13(12)16-14;1-10(2,3)8(12)7-9(13)11(4,5)6;2*1-4(6)3-5(2)7;;;/h3-6,8-10H,1-2H3;1-7,9-10H;1-6,8-10H;7,12H,1-6H3;2*3,6H,1-2H3;;;/q3*-1;;;;;;. The van der Waals surface area contributed by atoms with Crippen molar-refractivity contribution in [3.63, 3.8) is 0 Å². The van der Waals surface area contributed by atoms with E-state index in [1.54, 1.807) is 24.8 Å². The van der Waals surface area contributed by atoms with Crippen molar-refractivity contribution in [1.29, 1.82) is 0 Å². The minimum absolute atomic E-state index is 0. The van der Waals surface area contributed by atoms with Crippen LogP contribution < -0.4 is 0 Å². The molecule has 0 aliphatic rings. The molecule has 423 valence electrons. The molecule has 9 aromatic rings. The number of aromatic nitrogens is 6. The fraction of sp³-hybridized carbons (Fsp3) is 0.215. The minimum Gasteiger partial charge on any atom is -0.512 e. The van der Waals surface area contributed by atoms with Gasteiger partial charge in [0.1, 0.15) is 5.76 Å². The Morgan fingerprint density at radius 2 is 1.14 bits per heavy atom. The van der Waals surface area contributed by atoms with E-state index >= 15 is 0 Å². The molecule has 6 aromatic carbocycles. The summed E-state index contributed by atoms with van der Waals surface area (Å²) < 4.78 is 0. The number of carbonyl (C=O) groups is 3. The molecule has 0 fully saturated rings. The van der Waals surface area contributed by atoms with Crippen molar-refractivity contribution < 1.29 is 90.0 Å². The zero-order valence-electron chi connectivity index (χ0n) is 46.9. The van der Waals surface area contributed by atoms with Crippen LogP contribution in [0.1, 0.15) is 80.4 Å². The van der Waals surface area contributed by atoms with Crippen molar-refractivity contribution in [3.8, 4) is 33.9 Å². The zero-order chi connectivity index (χ0) is 56.7. The van der Waals surface area contributed by atoms with Gasteiger partial charge in [-0.15, -0.1) is 94.9 Å². The Hall–Kier alpha value is -7.08.